The number of aromatic nitrogens is 2. The van der Waals surface area contributed by atoms with E-state index in [2.05, 4.69) is 116 Å². The molecule has 0 aliphatic heterocycles. The number of imidazole rings is 1. The average molecular weight is 409 g/mol. The van der Waals surface area contributed by atoms with E-state index in [0.29, 0.717) is 0 Å². The Morgan fingerprint density at radius 2 is 1.52 bits per heavy atom. The van der Waals surface area contributed by atoms with E-state index in [-0.39, 0.29) is 6.04 Å². The molecule has 0 fully saturated rings. The maximum atomic E-state index is 5.13. The van der Waals surface area contributed by atoms with Gasteiger partial charge in [0.05, 0.1) is 11.8 Å². The van der Waals surface area contributed by atoms with Gasteiger partial charge in [0, 0.05) is 0 Å². The molecule has 0 aliphatic carbocycles. The Kier molecular flexibility index (Phi) is 6.13. The fourth-order valence-corrected chi connectivity index (χ4v) is 4.25. The van der Waals surface area contributed by atoms with E-state index in [9.17, 15) is 0 Å². The molecule has 0 saturated heterocycles. The van der Waals surface area contributed by atoms with Crippen LogP contribution in [0.2, 0.25) is 0 Å². The Labute approximate surface area is 185 Å². The van der Waals surface area contributed by atoms with E-state index in [1.54, 1.807) is 0 Å². The Morgan fingerprint density at radius 3 is 2.16 bits per heavy atom. The SMILES string of the molecule is Cc1cc(C)c(-n2cc[n+](CC(=N[C@@H](C)c3ccccc3)c3ccccc3)c2)c(C)c1. The van der Waals surface area contributed by atoms with Gasteiger partial charge in [-0.05, 0) is 49.9 Å². The molecule has 0 N–H and O–H groups in total. The molecule has 0 bridgehead atoms. The second-order valence-electron chi connectivity index (χ2n) is 8.27. The molecule has 1 heterocycles. The standard InChI is InChI=1S/C28H30N3/c1-21-17-22(2)28(23(3)18-21)31-16-15-30(20-31)19-27(26-13-9-6-10-14-26)29-24(4)25-11-7-5-8-12-25/h5-18,20,24H,19H2,1-4H3/q+1/t24-/m0/s1. The lowest BCUT2D eigenvalue weighted by Crippen LogP contribution is -2.36. The molecule has 31 heavy (non-hydrogen) atoms. The maximum absolute atomic E-state index is 5.13. The fourth-order valence-electron chi connectivity index (χ4n) is 4.25. The van der Waals surface area contributed by atoms with Gasteiger partial charge in [0.15, 0.2) is 0 Å². The number of hydrogen-bond donors (Lipinski definition) is 0. The molecule has 0 amide bonds. The van der Waals surface area contributed by atoms with Crippen LogP contribution in [0, 0.1) is 20.8 Å². The van der Waals surface area contributed by atoms with Crippen LogP contribution in [0.4, 0.5) is 0 Å². The van der Waals surface area contributed by atoms with Crippen LogP contribution in [-0.2, 0) is 6.54 Å². The first-order valence-corrected chi connectivity index (χ1v) is 10.8. The molecule has 156 valence electrons. The minimum Gasteiger partial charge on any atom is -0.277 e. The zero-order valence-electron chi connectivity index (χ0n) is 18.8. The molecule has 0 spiro atoms. The van der Waals surface area contributed by atoms with Crippen molar-refractivity contribution >= 4 is 5.71 Å². The van der Waals surface area contributed by atoms with Crippen molar-refractivity contribution in [2.24, 2.45) is 4.99 Å². The molecule has 3 heteroatoms. The number of aryl methyl sites for hydroxylation is 3. The van der Waals surface area contributed by atoms with E-state index in [1.165, 1.54) is 27.9 Å². The summed E-state index contributed by atoms with van der Waals surface area (Å²) in [6, 6.07) is 25.5. The van der Waals surface area contributed by atoms with Crippen molar-refractivity contribution in [1.82, 2.24) is 4.57 Å². The summed E-state index contributed by atoms with van der Waals surface area (Å²) in [7, 11) is 0. The summed E-state index contributed by atoms with van der Waals surface area (Å²) in [5.74, 6) is 0. The second-order valence-corrected chi connectivity index (χ2v) is 8.27. The summed E-state index contributed by atoms with van der Waals surface area (Å²) in [5.41, 5.74) is 8.59. The molecule has 4 rings (SSSR count). The van der Waals surface area contributed by atoms with Crippen LogP contribution < -0.4 is 4.57 Å². The van der Waals surface area contributed by atoms with Crippen LogP contribution in [0.3, 0.4) is 0 Å². The summed E-state index contributed by atoms with van der Waals surface area (Å²) in [4.78, 5) is 5.13. The van der Waals surface area contributed by atoms with E-state index in [4.69, 9.17) is 4.99 Å². The predicted molar refractivity (Wildman–Crippen MR) is 128 cm³/mol. The highest BCUT2D eigenvalue weighted by molar-refractivity contribution is 5.99. The molecule has 1 atom stereocenters. The third kappa shape index (κ3) is 4.83. The lowest BCUT2D eigenvalue weighted by Gasteiger charge is -2.11. The largest absolute Gasteiger partial charge is 0.277 e. The van der Waals surface area contributed by atoms with Gasteiger partial charge >= 0.3 is 0 Å². The van der Waals surface area contributed by atoms with Gasteiger partial charge in [0.2, 0.25) is 6.33 Å². The Balaban J connectivity index is 1.67. The van der Waals surface area contributed by atoms with E-state index in [0.717, 1.165) is 17.8 Å². The molecule has 0 aliphatic rings. The van der Waals surface area contributed by atoms with Crippen LogP contribution in [0.15, 0.2) is 96.5 Å². The lowest BCUT2D eigenvalue weighted by molar-refractivity contribution is -0.681. The van der Waals surface area contributed by atoms with Crippen molar-refractivity contribution < 1.29 is 4.57 Å². The van der Waals surface area contributed by atoms with Gasteiger partial charge in [-0.3, -0.25) is 4.99 Å². The first-order chi connectivity index (χ1) is 15.0. The number of benzene rings is 3. The number of rotatable bonds is 6. The summed E-state index contributed by atoms with van der Waals surface area (Å²) in [6.45, 7) is 9.39. The molecule has 3 aromatic carbocycles. The quantitative estimate of drug-likeness (QED) is 0.278. The molecular weight excluding hydrogens is 378 g/mol. The van der Waals surface area contributed by atoms with Gasteiger partial charge in [0.25, 0.3) is 0 Å². The third-order valence-corrected chi connectivity index (χ3v) is 5.66. The van der Waals surface area contributed by atoms with Crippen LogP contribution in [-0.4, -0.2) is 10.3 Å². The molecular formula is C28H30N3+. The molecule has 0 saturated carbocycles. The van der Waals surface area contributed by atoms with Crippen molar-refractivity contribution in [2.45, 2.75) is 40.3 Å². The van der Waals surface area contributed by atoms with Gasteiger partial charge in [-0.2, -0.15) is 0 Å². The third-order valence-electron chi connectivity index (χ3n) is 5.66. The molecule has 3 nitrogen and oxygen atoms in total. The number of aliphatic imine (C=N–C) groups is 1. The number of nitrogens with zero attached hydrogens (tertiary/aromatic N) is 3. The first kappa shape index (κ1) is 20.8. The summed E-state index contributed by atoms with van der Waals surface area (Å²) in [5, 5.41) is 0. The monoisotopic (exact) mass is 408 g/mol. The summed E-state index contributed by atoms with van der Waals surface area (Å²) < 4.78 is 4.43. The van der Waals surface area contributed by atoms with Crippen LogP contribution in [0.5, 0.6) is 0 Å². The van der Waals surface area contributed by atoms with Gasteiger partial charge < -0.3 is 0 Å². The average Bonchev–Trinajstić information content (AvgIpc) is 3.21. The molecule has 4 aromatic rings. The Bertz CT molecular complexity index is 1160. The van der Waals surface area contributed by atoms with Gasteiger partial charge in [-0.15, -0.1) is 0 Å². The molecule has 0 radical (unpaired) electrons. The van der Waals surface area contributed by atoms with Crippen molar-refractivity contribution in [3.63, 3.8) is 0 Å². The number of hydrogen-bond acceptors (Lipinski definition) is 1. The van der Waals surface area contributed by atoms with Gasteiger partial charge in [-0.1, -0.05) is 78.4 Å². The topological polar surface area (TPSA) is 21.2 Å². The zero-order chi connectivity index (χ0) is 21.8. The minimum absolute atomic E-state index is 0.0979. The Hall–Kier alpha value is -3.46. The normalized spacial score (nSPS) is 12.7. The highest BCUT2D eigenvalue weighted by atomic mass is 15.1. The minimum atomic E-state index is 0.0979. The summed E-state index contributed by atoms with van der Waals surface area (Å²) >= 11 is 0. The van der Waals surface area contributed by atoms with Gasteiger partial charge in [-0.25, -0.2) is 9.13 Å². The molecule has 1 aromatic heterocycles. The summed E-state index contributed by atoms with van der Waals surface area (Å²) in [6.07, 6.45) is 6.43. The van der Waals surface area contributed by atoms with Crippen molar-refractivity contribution in [2.75, 3.05) is 0 Å². The van der Waals surface area contributed by atoms with Crippen molar-refractivity contribution in [3.8, 4) is 5.69 Å². The Morgan fingerprint density at radius 1 is 0.903 bits per heavy atom. The lowest BCUT2D eigenvalue weighted by atomic mass is 10.1. The van der Waals surface area contributed by atoms with Gasteiger partial charge in [0.1, 0.15) is 24.6 Å². The smallest absolute Gasteiger partial charge is 0.249 e. The van der Waals surface area contributed by atoms with Crippen molar-refractivity contribution in [1.29, 1.82) is 0 Å². The fraction of sp³-hybridized carbons (Fsp3) is 0.214. The van der Waals surface area contributed by atoms with Crippen LogP contribution in [0.1, 0.15) is 40.8 Å². The first-order valence-electron chi connectivity index (χ1n) is 10.8. The van der Waals surface area contributed by atoms with Crippen LogP contribution >= 0.6 is 0 Å². The van der Waals surface area contributed by atoms with Crippen molar-refractivity contribution in [3.05, 3.63) is 119 Å². The highest BCUT2D eigenvalue weighted by Gasteiger charge is 2.16. The second kappa shape index (κ2) is 9.13. The maximum Gasteiger partial charge on any atom is 0.249 e. The highest BCUT2D eigenvalue weighted by Crippen LogP contribution is 2.21. The van der Waals surface area contributed by atoms with E-state index >= 15 is 0 Å². The van der Waals surface area contributed by atoms with Crippen LogP contribution in [0.25, 0.3) is 5.69 Å². The zero-order valence-corrected chi connectivity index (χ0v) is 18.8. The van der Waals surface area contributed by atoms with E-state index < -0.39 is 0 Å². The predicted octanol–water partition coefficient (Wildman–Crippen LogP) is 5.94. The van der Waals surface area contributed by atoms with E-state index in [1.807, 2.05) is 12.1 Å². The molecule has 0 unspecified atom stereocenters.